The van der Waals surface area contributed by atoms with Crippen LogP contribution in [0.1, 0.15) is 12.8 Å². The van der Waals surface area contributed by atoms with Gasteiger partial charge in [-0.2, -0.15) is 4.31 Å². The zero-order valence-corrected chi connectivity index (χ0v) is 20.2. The van der Waals surface area contributed by atoms with Crippen molar-refractivity contribution in [3.63, 3.8) is 0 Å². The number of piperidine rings is 1. The molecule has 2 aromatic heterocycles. The van der Waals surface area contributed by atoms with Gasteiger partial charge in [-0.05, 0) is 55.3 Å². The number of benzene rings is 1. The molecule has 1 fully saturated rings. The number of primary amides is 1. The van der Waals surface area contributed by atoms with Gasteiger partial charge < -0.3 is 10.6 Å². The summed E-state index contributed by atoms with van der Waals surface area (Å²) in [4.78, 5) is 38.7. The molecule has 2 N–H and O–H groups in total. The van der Waals surface area contributed by atoms with Gasteiger partial charge in [-0.25, -0.2) is 8.42 Å². The molecular weight excluding hydrogens is 500 g/mol. The van der Waals surface area contributed by atoms with E-state index in [9.17, 15) is 22.8 Å². The molecule has 0 radical (unpaired) electrons. The summed E-state index contributed by atoms with van der Waals surface area (Å²) < 4.78 is 29.1. The smallest absolute Gasteiger partial charge is 0.255 e. The third-order valence-electron chi connectivity index (χ3n) is 5.44. The molecule has 9 nitrogen and oxygen atoms in total. The fourth-order valence-corrected chi connectivity index (χ4v) is 7.07. The predicted molar refractivity (Wildman–Crippen MR) is 130 cm³/mol. The van der Waals surface area contributed by atoms with Crippen molar-refractivity contribution in [3.8, 4) is 5.69 Å². The second-order valence-corrected chi connectivity index (χ2v) is 11.5. The van der Waals surface area contributed by atoms with Crippen LogP contribution in [0.2, 0.25) is 4.34 Å². The van der Waals surface area contributed by atoms with Crippen LogP contribution in [0.25, 0.3) is 5.69 Å². The van der Waals surface area contributed by atoms with Crippen molar-refractivity contribution in [1.29, 1.82) is 0 Å². The largest absolute Gasteiger partial charge is 0.369 e. The Labute approximate surface area is 205 Å². The van der Waals surface area contributed by atoms with E-state index in [1.165, 1.54) is 27.7 Å². The lowest BCUT2D eigenvalue weighted by atomic mass is 10.0. The molecule has 0 spiro atoms. The number of nitrogens with two attached hydrogens (primary N) is 1. The van der Waals surface area contributed by atoms with Gasteiger partial charge in [0.2, 0.25) is 11.8 Å². The summed E-state index contributed by atoms with van der Waals surface area (Å²) in [5, 5.41) is 0. The molecule has 1 atom stereocenters. The summed E-state index contributed by atoms with van der Waals surface area (Å²) in [5.41, 5.74) is 6.33. The molecule has 0 bridgehead atoms. The lowest BCUT2D eigenvalue weighted by Gasteiger charge is -2.37. The first-order chi connectivity index (χ1) is 16.2. The van der Waals surface area contributed by atoms with E-state index in [2.05, 4.69) is 0 Å². The standard InChI is InChI=1S/C22H21ClN4O5S2/c23-18-10-11-21(33-18)34(31,32)27(14-19(24)28)17-4-3-13-26(22(17)30)16-8-6-15(7-9-16)25-12-2-1-5-20(25)29/h1-2,5-12,17H,3-4,13-14H2,(H2,24,28). The quantitative estimate of drug-likeness (QED) is 0.511. The number of hydrogen-bond donors (Lipinski definition) is 1. The van der Waals surface area contributed by atoms with E-state index in [1.807, 2.05) is 0 Å². The van der Waals surface area contributed by atoms with Crippen LogP contribution in [0.4, 0.5) is 5.69 Å². The number of thiophene rings is 1. The highest BCUT2D eigenvalue weighted by atomic mass is 35.5. The van der Waals surface area contributed by atoms with Crippen LogP contribution >= 0.6 is 22.9 Å². The summed E-state index contributed by atoms with van der Waals surface area (Å²) in [7, 11) is -4.18. The Hall–Kier alpha value is -2.99. The average molecular weight is 521 g/mol. The number of hydrogen-bond acceptors (Lipinski definition) is 6. The molecule has 3 heterocycles. The lowest BCUT2D eigenvalue weighted by molar-refractivity contribution is -0.125. The molecule has 2 amide bonds. The van der Waals surface area contributed by atoms with Crippen molar-refractivity contribution in [3.05, 3.63) is 75.5 Å². The first-order valence-electron chi connectivity index (χ1n) is 10.3. The Morgan fingerprint density at radius 2 is 1.79 bits per heavy atom. The average Bonchev–Trinajstić information content (AvgIpc) is 3.25. The van der Waals surface area contributed by atoms with Gasteiger partial charge in [-0.3, -0.25) is 19.0 Å². The minimum atomic E-state index is -4.18. The van der Waals surface area contributed by atoms with Crippen LogP contribution in [0.15, 0.2) is 69.8 Å². The van der Waals surface area contributed by atoms with Gasteiger partial charge in [0.25, 0.3) is 15.6 Å². The molecule has 1 unspecified atom stereocenters. The molecule has 0 saturated carbocycles. The fourth-order valence-electron chi connectivity index (χ4n) is 3.88. The zero-order chi connectivity index (χ0) is 24.5. The molecule has 178 valence electrons. The molecule has 0 aliphatic carbocycles. The maximum atomic E-state index is 13.4. The highest BCUT2D eigenvalue weighted by molar-refractivity contribution is 7.91. The fraction of sp³-hybridized carbons (Fsp3) is 0.227. The van der Waals surface area contributed by atoms with E-state index in [-0.39, 0.29) is 20.5 Å². The second-order valence-electron chi connectivity index (χ2n) is 7.65. The maximum absolute atomic E-state index is 13.4. The van der Waals surface area contributed by atoms with E-state index in [4.69, 9.17) is 17.3 Å². The number of sulfonamides is 1. The van der Waals surface area contributed by atoms with Crippen molar-refractivity contribution in [2.75, 3.05) is 18.0 Å². The lowest BCUT2D eigenvalue weighted by Crippen LogP contribution is -2.56. The molecule has 12 heteroatoms. The number of anilines is 1. The van der Waals surface area contributed by atoms with E-state index in [0.29, 0.717) is 24.3 Å². The Kier molecular flexibility index (Phi) is 6.89. The predicted octanol–water partition coefficient (Wildman–Crippen LogP) is 2.22. The van der Waals surface area contributed by atoms with Crippen molar-refractivity contribution in [2.45, 2.75) is 23.1 Å². The van der Waals surface area contributed by atoms with Crippen molar-refractivity contribution >= 4 is 50.5 Å². The minimum Gasteiger partial charge on any atom is -0.369 e. The minimum absolute atomic E-state index is 0.0682. The van der Waals surface area contributed by atoms with E-state index in [1.54, 1.807) is 42.6 Å². The molecular formula is C22H21ClN4O5S2. The van der Waals surface area contributed by atoms with Gasteiger partial charge in [-0.15, -0.1) is 11.3 Å². The number of halogens is 1. The highest BCUT2D eigenvalue weighted by Crippen LogP contribution is 2.32. The number of pyridine rings is 1. The molecule has 4 rings (SSSR count). The Balaban J connectivity index is 1.64. The second kappa shape index (κ2) is 9.71. The summed E-state index contributed by atoms with van der Waals surface area (Å²) in [6, 6.07) is 13.3. The molecule has 1 saturated heterocycles. The van der Waals surface area contributed by atoms with Gasteiger partial charge in [0.05, 0.1) is 10.9 Å². The first kappa shape index (κ1) is 24.1. The summed E-state index contributed by atoms with van der Waals surface area (Å²) in [6.45, 7) is -0.243. The van der Waals surface area contributed by atoms with Gasteiger partial charge in [0, 0.05) is 30.2 Å². The number of aromatic nitrogens is 1. The molecule has 1 aliphatic rings. The van der Waals surface area contributed by atoms with Crippen LogP contribution in [0.3, 0.4) is 0 Å². The zero-order valence-electron chi connectivity index (χ0n) is 17.8. The molecule has 3 aromatic rings. The van der Waals surface area contributed by atoms with Gasteiger partial charge >= 0.3 is 0 Å². The van der Waals surface area contributed by atoms with Crippen LogP contribution in [-0.4, -0.2) is 48.2 Å². The molecule has 1 aromatic carbocycles. The number of amides is 2. The van der Waals surface area contributed by atoms with Crippen LogP contribution < -0.4 is 16.2 Å². The van der Waals surface area contributed by atoms with Gasteiger partial charge in [0.15, 0.2) is 0 Å². The number of rotatable bonds is 7. The maximum Gasteiger partial charge on any atom is 0.255 e. The van der Waals surface area contributed by atoms with Crippen molar-refractivity contribution in [2.24, 2.45) is 5.73 Å². The van der Waals surface area contributed by atoms with Crippen LogP contribution in [0.5, 0.6) is 0 Å². The van der Waals surface area contributed by atoms with E-state index < -0.39 is 34.4 Å². The SMILES string of the molecule is NC(=O)CN(C1CCCN(c2ccc(-n3ccccc3=O)cc2)C1=O)S(=O)(=O)c1ccc(Cl)s1. The first-order valence-corrected chi connectivity index (χ1v) is 13.0. The van der Waals surface area contributed by atoms with E-state index >= 15 is 0 Å². The van der Waals surface area contributed by atoms with Crippen molar-refractivity contribution in [1.82, 2.24) is 8.87 Å². The number of carbonyl (C=O) groups is 2. The summed E-state index contributed by atoms with van der Waals surface area (Å²) >= 11 is 6.75. The number of nitrogens with zero attached hydrogens (tertiary/aromatic N) is 3. The molecule has 34 heavy (non-hydrogen) atoms. The summed E-state index contributed by atoms with van der Waals surface area (Å²) in [6.07, 6.45) is 2.41. The summed E-state index contributed by atoms with van der Waals surface area (Å²) in [5.74, 6) is -1.32. The van der Waals surface area contributed by atoms with Gasteiger partial charge in [0.1, 0.15) is 10.3 Å². The third-order valence-corrected chi connectivity index (χ3v) is 9.00. The molecule has 1 aliphatic heterocycles. The highest BCUT2D eigenvalue weighted by Gasteiger charge is 2.41. The van der Waals surface area contributed by atoms with Crippen LogP contribution in [0, 0.1) is 0 Å². The van der Waals surface area contributed by atoms with Gasteiger partial charge in [-0.1, -0.05) is 17.7 Å². The monoisotopic (exact) mass is 520 g/mol. The number of carbonyl (C=O) groups excluding carboxylic acids is 2. The Bertz CT molecular complexity index is 1380. The third kappa shape index (κ3) is 4.78. The Morgan fingerprint density at radius 3 is 2.41 bits per heavy atom. The van der Waals surface area contributed by atoms with Crippen LogP contribution in [-0.2, 0) is 19.6 Å². The van der Waals surface area contributed by atoms with Crippen molar-refractivity contribution < 1.29 is 18.0 Å². The Morgan fingerprint density at radius 1 is 1.09 bits per heavy atom. The topological polar surface area (TPSA) is 123 Å². The normalized spacial score (nSPS) is 16.7. The van der Waals surface area contributed by atoms with E-state index in [0.717, 1.165) is 15.6 Å².